The molecule has 5 nitrogen and oxygen atoms in total. The fourth-order valence-corrected chi connectivity index (χ4v) is 3.45. The van der Waals surface area contributed by atoms with E-state index in [-0.39, 0.29) is 5.41 Å². The molecule has 0 aliphatic rings. The highest BCUT2D eigenvalue weighted by atomic mass is 35.5. The lowest BCUT2D eigenvalue weighted by molar-refractivity contribution is 0.167. The molecule has 0 radical (unpaired) electrons. The predicted molar refractivity (Wildman–Crippen MR) is 115 cm³/mol. The Labute approximate surface area is 173 Å². The number of carbonyl (C=O) groups excluding carboxylic acids is 1. The summed E-state index contributed by atoms with van der Waals surface area (Å²) in [7, 11) is 0. The molecular weight excluding hydrogens is 394 g/mol. The van der Waals surface area contributed by atoms with Crippen LogP contribution in [0.4, 0.5) is 10.5 Å². The smallest absolute Gasteiger partial charge is 0.298 e. The molecule has 0 unspecified atom stereocenters. The van der Waals surface area contributed by atoms with Gasteiger partial charge in [-0.2, -0.15) is 0 Å². The van der Waals surface area contributed by atoms with Crippen LogP contribution in [-0.4, -0.2) is 17.3 Å². The van der Waals surface area contributed by atoms with Crippen molar-refractivity contribution in [3.63, 3.8) is 0 Å². The first-order valence-electron chi connectivity index (χ1n) is 8.65. The number of amides is 1. The molecule has 0 saturated heterocycles. The zero-order valence-corrected chi connectivity index (χ0v) is 17.3. The molecule has 0 aliphatic heterocycles. The number of thiazole rings is 1. The summed E-state index contributed by atoms with van der Waals surface area (Å²) >= 11 is 7.43. The van der Waals surface area contributed by atoms with E-state index in [0.29, 0.717) is 10.7 Å². The van der Waals surface area contributed by atoms with Gasteiger partial charge in [-0.25, -0.2) is 9.78 Å². The zero-order chi connectivity index (χ0) is 20.1. The number of nitrogens with zero attached hydrogens (tertiary/aromatic N) is 2. The monoisotopic (exact) mass is 413 g/mol. The molecule has 1 aromatic heterocycles. The summed E-state index contributed by atoms with van der Waals surface area (Å²) in [4.78, 5) is 21.2. The average molecular weight is 414 g/mol. The molecule has 0 spiro atoms. The number of nitrogens with one attached hydrogen (secondary N) is 1. The van der Waals surface area contributed by atoms with E-state index in [1.165, 1.54) is 6.21 Å². The highest BCUT2D eigenvalue weighted by Crippen LogP contribution is 2.29. The second kappa shape index (κ2) is 8.54. The van der Waals surface area contributed by atoms with Gasteiger partial charge < -0.3 is 0 Å². The minimum Gasteiger partial charge on any atom is -0.298 e. The van der Waals surface area contributed by atoms with Gasteiger partial charge >= 0.3 is 6.09 Å². The quantitative estimate of drug-likeness (QED) is 0.308. The van der Waals surface area contributed by atoms with Crippen LogP contribution in [0.15, 0.2) is 59.1 Å². The van der Waals surface area contributed by atoms with Crippen molar-refractivity contribution in [2.75, 3.05) is 5.32 Å². The molecule has 0 fully saturated rings. The van der Waals surface area contributed by atoms with Crippen molar-refractivity contribution in [3.8, 4) is 10.6 Å². The third-order valence-electron chi connectivity index (χ3n) is 3.86. The third-order valence-corrected chi connectivity index (χ3v) is 5.00. The van der Waals surface area contributed by atoms with Crippen molar-refractivity contribution >= 4 is 40.9 Å². The summed E-state index contributed by atoms with van der Waals surface area (Å²) in [5, 5.41) is 9.94. The number of aromatic nitrogens is 1. The summed E-state index contributed by atoms with van der Waals surface area (Å²) < 4.78 is 0. The van der Waals surface area contributed by atoms with E-state index in [1.807, 2.05) is 24.3 Å². The van der Waals surface area contributed by atoms with Crippen molar-refractivity contribution in [1.82, 2.24) is 4.98 Å². The lowest BCUT2D eigenvalue weighted by Crippen LogP contribution is -2.11. The van der Waals surface area contributed by atoms with E-state index in [0.717, 1.165) is 21.8 Å². The van der Waals surface area contributed by atoms with Gasteiger partial charge in [0.2, 0.25) is 0 Å². The van der Waals surface area contributed by atoms with Gasteiger partial charge in [0, 0.05) is 27.1 Å². The maximum Gasteiger partial charge on any atom is 0.437 e. The molecule has 1 heterocycles. The number of rotatable bonds is 4. The van der Waals surface area contributed by atoms with Gasteiger partial charge in [-0.15, -0.1) is 11.3 Å². The van der Waals surface area contributed by atoms with Crippen molar-refractivity contribution in [2.24, 2.45) is 5.16 Å². The fourth-order valence-electron chi connectivity index (χ4n) is 2.27. The Morgan fingerprint density at radius 3 is 2.43 bits per heavy atom. The highest BCUT2D eigenvalue weighted by Gasteiger charge is 2.17. The van der Waals surface area contributed by atoms with Crippen molar-refractivity contribution in [3.05, 3.63) is 70.2 Å². The van der Waals surface area contributed by atoms with Crippen LogP contribution >= 0.6 is 22.9 Å². The Kier molecular flexibility index (Phi) is 6.11. The topological polar surface area (TPSA) is 63.6 Å². The number of benzene rings is 2. The van der Waals surface area contributed by atoms with Gasteiger partial charge in [0.1, 0.15) is 5.01 Å². The molecule has 1 N–H and O–H groups in total. The molecule has 0 bridgehead atoms. The molecule has 7 heteroatoms. The minimum atomic E-state index is -0.673. The second-order valence-electron chi connectivity index (χ2n) is 7.16. The van der Waals surface area contributed by atoms with Gasteiger partial charge in [0.15, 0.2) is 0 Å². The summed E-state index contributed by atoms with van der Waals surface area (Å²) in [6, 6.07) is 14.4. The summed E-state index contributed by atoms with van der Waals surface area (Å²) in [5.41, 5.74) is 3.55. The molecule has 2 aromatic carbocycles. The van der Waals surface area contributed by atoms with E-state index in [4.69, 9.17) is 21.4 Å². The van der Waals surface area contributed by atoms with E-state index in [9.17, 15) is 4.79 Å². The Hall–Kier alpha value is -2.70. The van der Waals surface area contributed by atoms with Crippen LogP contribution in [0.3, 0.4) is 0 Å². The number of hydrogen-bond donors (Lipinski definition) is 1. The van der Waals surface area contributed by atoms with Crippen LogP contribution in [0, 0.1) is 0 Å². The van der Waals surface area contributed by atoms with Crippen molar-refractivity contribution in [2.45, 2.75) is 26.2 Å². The molecular formula is C21H20ClN3O2S. The van der Waals surface area contributed by atoms with Gasteiger partial charge in [-0.05, 0) is 29.8 Å². The van der Waals surface area contributed by atoms with E-state index >= 15 is 0 Å². The fraction of sp³-hybridized carbons (Fsp3) is 0.190. The third kappa shape index (κ3) is 5.41. The van der Waals surface area contributed by atoms with Crippen molar-refractivity contribution < 1.29 is 9.63 Å². The van der Waals surface area contributed by atoms with Crippen LogP contribution in [0.1, 0.15) is 32.0 Å². The number of anilines is 1. The summed E-state index contributed by atoms with van der Waals surface area (Å²) in [5.74, 6) is 0. The SMILES string of the molecule is CC(C)(C)c1csc(-c2ccc(C=NOC(=O)Nc3ccc(Cl)cc3)cc2)n1. The average Bonchev–Trinajstić information content (AvgIpc) is 3.15. The molecule has 0 saturated carbocycles. The number of hydrogen-bond acceptors (Lipinski definition) is 5. The van der Waals surface area contributed by atoms with Gasteiger partial charge in [-0.1, -0.05) is 61.8 Å². The Bertz CT molecular complexity index is 974. The highest BCUT2D eigenvalue weighted by molar-refractivity contribution is 7.13. The van der Waals surface area contributed by atoms with E-state index in [1.54, 1.807) is 35.6 Å². The molecule has 3 aromatic rings. The molecule has 0 atom stereocenters. The predicted octanol–water partition coefficient (Wildman–Crippen LogP) is 6.34. The van der Waals surface area contributed by atoms with E-state index in [2.05, 4.69) is 36.6 Å². The molecule has 28 heavy (non-hydrogen) atoms. The van der Waals surface area contributed by atoms with Gasteiger partial charge in [-0.3, -0.25) is 10.2 Å². The van der Waals surface area contributed by atoms with Crippen LogP contribution in [-0.2, 0) is 10.3 Å². The second-order valence-corrected chi connectivity index (χ2v) is 8.45. The molecule has 3 rings (SSSR count). The zero-order valence-electron chi connectivity index (χ0n) is 15.8. The number of oxime groups is 1. The standard InChI is InChI=1S/C21H20ClN3O2S/c1-21(2,3)18-13-28-19(25-18)15-6-4-14(5-7-15)12-23-27-20(26)24-17-10-8-16(22)9-11-17/h4-13H,1-3H3,(H,24,26). The number of halogens is 1. The van der Waals surface area contributed by atoms with Gasteiger partial charge in [0.05, 0.1) is 11.9 Å². The Morgan fingerprint density at radius 2 is 1.82 bits per heavy atom. The number of carbonyl (C=O) groups is 1. The van der Waals surface area contributed by atoms with Gasteiger partial charge in [0.25, 0.3) is 0 Å². The van der Waals surface area contributed by atoms with Crippen LogP contribution in [0.5, 0.6) is 0 Å². The Morgan fingerprint density at radius 1 is 1.14 bits per heavy atom. The summed E-state index contributed by atoms with van der Waals surface area (Å²) in [6.07, 6.45) is 0.806. The maximum atomic E-state index is 11.7. The first-order valence-corrected chi connectivity index (χ1v) is 9.90. The largest absolute Gasteiger partial charge is 0.437 e. The van der Waals surface area contributed by atoms with E-state index < -0.39 is 6.09 Å². The normalized spacial score (nSPS) is 11.6. The molecule has 0 aliphatic carbocycles. The summed E-state index contributed by atoms with van der Waals surface area (Å²) in [6.45, 7) is 6.44. The lowest BCUT2D eigenvalue weighted by atomic mass is 9.93. The molecule has 144 valence electrons. The molecule has 1 amide bonds. The maximum absolute atomic E-state index is 11.7. The van der Waals surface area contributed by atoms with Crippen LogP contribution < -0.4 is 5.32 Å². The van der Waals surface area contributed by atoms with Crippen molar-refractivity contribution in [1.29, 1.82) is 0 Å². The Balaban J connectivity index is 1.57. The first kappa shape index (κ1) is 20.0. The van der Waals surface area contributed by atoms with Crippen LogP contribution in [0.25, 0.3) is 10.6 Å². The first-order chi connectivity index (χ1) is 13.3. The van der Waals surface area contributed by atoms with Crippen LogP contribution in [0.2, 0.25) is 5.02 Å². The lowest BCUT2D eigenvalue weighted by Gasteiger charge is -2.14. The minimum absolute atomic E-state index is 0.0330.